The van der Waals surface area contributed by atoms with Crippen molar-refractivity contribution in [3.8, 4) is 0 Å². The minimum absolute atomic E-state index is 0.245. The number of aliphatic hydroxyl groups is 2. The van der Waals surface area contributed by atoms with Gasteiger partial charge in [0, 0.05) is 19.0 Å². The molecule has 4 fully saturated rings. The number of fused-ring (bicyclic) bond motifs is 1. The second-order valence-electron chi connectivity index (χ2n) is 7.74. The average Bonchev–Trinajstić information content (AvgIpc) is 2.99. The van der Waals surface area contributed by atoms with Crippen molar-refractivity contribution in [2.45, 2.75) is 44.3 Å². The summed E-state index contributed by atoms with van der Waals surface area (Å²) >= 11 is 0. The van der Waals surface area contributed by atoms with Crippen LogP contribution in [0.2, 0.25) is 0 Å². The van der Waals surface area contributed by atoms with E-state index in [4.69, 9.17) is 0 Å². The first kappa shape index (κ1) is 14.0. The molecule has 3 N–H and O–H groups in total. The molecule has 2 saturated carbocycles. The Balaban J connectivity index is 1.39. The molecule has 0 bridgehead atoms. The highest BCUT2D eigenvalue weighted by Gasteiger charge is 2.59. The maximum atomic E-state index is 12.8. The number of likely N-dealkylation sites (tertiary alicyclic amines) is 1. The molecule has 5 nitrogen and oxygen atoms in total. The molecule has 1 amide bonds. The van der Waals surface area contributed by atoms with Crippen molar-refractivity contribution < 1.29 is 15.0 Å². The van der Waals surface area contributed by atoms with Crippen LogP contribution in [-0.4, -0.2) is 59.4 Å². The standard InChI is InChI=1S/C16H26N2O3/c19-13-5-10-8-18(9-11(10)6-14(13)20)15(21)12-7-16(12)1-3-17-4-2-16/h10-14,17,19-20H,1-9H2/t10-,11+,12-,13+,14-/m0/s1. The van der Waals surface area contributed by atoms with E-state index in [1.165, 1.54) is 0 Å². The lowest BCUT2D eigenvalue weighted by molar-refractivity contribution is -0.132. The van der Waals surface area contributed by atoms with E-state index >= 15 is 0 Å². The van der Waals surface area contributed by atoms with Crippen molar-refractivity contribution in [1.82, 2.24) is 10.2 Å². The predicted molar refractivity (Wildman–Crippen MR) is 77.5 cm³/mol. The largest absolute Gasteiger partial charge is 0.390 e. The minimum atomic E-state index is -0.599. The first-order valence-corrected chi connectivity index (χ1v) is 8.45. The van der Waals surface area contributed by atoms with Crippen LogP contribution < -0.4 is 5.32 Å². The zero-order valence-corrected chi connectivity index (χ0v) is 12.5. The molecule has 5 heteroatoms. The van der Waals surface area contributed by atoms with Crippen LogP contribution in [0.3, 0.4) is 0 Å². The van der Waals surface area contributed by atoms with Crippen molar-refractivity contribution in [3.63, 3.8) is 0 Å². The lowest BCUT2D eigenvalue weighted by Crippen LogP contribution is -2.38. The molecule has 0 aromatic carbocycles. The second kappa shape index (κ2) is 4.93. The number of aliphatic hydroxyl groups excluding tert-OH is 2. The quantitative estimate of drug-likeness (QED) is 0.635. The average molecular weight is 294 g/mol. The maximum Gasteiger partial charge on any atom is 0.226 e. The molecular weight excluding hydrogens is 268 g/mol. The smallest absolute Gasteiger partial charge is 0.226 e. The van der Waals surface area contributed by atoms with Gasteiger partial charge in [-0.25, -0.2) is 0 Å². The fourth-order valence-corrected chi connectivity index (χ4v) is 4.98. The summed E-state index contributed by atoms with van der Waals surface area (Å²) in [4.78, 5) is 14.8. The van der Waals surface area contributed by atoms with E-state index < -0.39 is 12.2 Å². The lowest BCUT2D eigenvalue weighted by Gasteiger charge is -2.31. The number of piperidine rings is 1. The van der Waals surface area contributed by atoms with Crippen molar-refractivity contribution in [3.05, 3.63) is 0 Å². The highest BCUT2D eigenvalue weighted by Crippen LogP contribution is 2.59. The zero-order chi connectivity index (χ0) is 14.6. The Labute approximate surface area is 125 Å². The van der Waals surface area contributed by atoms with E-state index in [2.05, 4.69) is 5.32 Å². The van der Waals surface area contributed by atoms with E-state index in [-0.39, 0.29) is 5.92 Å². The number of hydrogen-bond donors (Lipinski definition) is 3. The van der Waals surface area contributed by atoms with E-state index in [1.807, 2.05) is 4.90 Å². The molecule has 2 heterocycles. The molecule has 0 aromatic rings. The van der Waals surface area contributed by atoms with Crippen LogP contribution in [0.25, 0.3) is 0 Å². The zero-order valence-electron chi connectivity index (χ0n) is 12.5. The normalized spacial score (nSPS) is 44.7. The number of nitrogens with one attached hydrogen (secondary N) is 1. The van der Waals surface area contributed by atoms with E-state index in [1.54, 1.807) is 0 Å². The molecule has 2 aliphatic heterocycles. The summed E-state index contributed by atoms with van der Waals surface area (Å²) < 4.78 is 0. The van der Waals surface area contributed by atoms with Crippen molar-refractivity contribution in [2.75, 3.05) is 26.2 Å². The van der Waals surface area contributed by atoms with E-state index in [0.29, 0.717) is 36.0 Å². The van der Waals surface area contributed by atoms with Crippen LogP contribution >= 0.6 is 0 Å². The molecule has 0 radical (unpaired) electrons. The molecule has 4 rings (SSSR count). The lowest BCUT2D eigenvalue weighted by atomic mass is 9.79. The van der Waals surface area contributed by atoms with E-state index in [9.17, 15) is 15.0 Å². The third-order valence-electron chi connectivity index (χ3n) is 6.51. The summed E-state index contributed by atoms with van der Waals surface area (Å²) in [6, 6.07) is 0. The summed E-state index contributed by atoms with van der Waals surface area (Å²) in [6.45, 7) is 3.68. The van der Waals surface area contributed by atoms with Crippen LogP contribution in [0.15, 0.2) is 0 Å². The third kappa shape index (κ3) is 2.30. The second-order valence-corrected chi connectivity index (χ2v) is 7.74. The molecule has 0 unspecified atom stereocenters. The number of carbonyl (C=O) groups excluding carboxylic acids is 1. The molecule has 1 spiro atoms. The van der Waals surface area contributed by atoms with E-state index in [0.717, 1.165) is 45.4 Å². The number of amides is 1. The van der Waals surface area contributed by atoms with Crippen molar-refractivity contribution in [1.29, 1.82) is 0 Å². The van der Waals surface area contributed by atoms with Gasteiger partial charge < -0.3 is 20.4 Å². The fraction of sp³-hybridized carbons (Fsp3) is 0.938. The molecule has 5 atom stereocenters. The molecular formula is C16H26N2O3. The van der Waals surface area contributed by atoms with Gasteiger partial charge in [-0.3, -0.25) is 4.79 Å². The Morgan fingerprint density at radius 1 is 1.05 bits per heavy atom. The van der Waals surface area contributed by atoms with Crippen molar-refractivity contribution >= 4 is 5.91 Å². The third-order valence-corrected chi connectivity index (χ3v) is 6.51. The van der Waals surface area contributed by atoms with Gasteiger partial charge in [0.1, 0.15) is 0 Å². The summed E-state index contributed by atoms with van der Waals surface area (Å²) in [7, 11) is 0. The molecule has 2 aliphatic carbocycles. The van der Waals surface area contributed by atoms with Crippen molar-refractivity contribution in [2.24, 2.45) is 23.2 Å². The fourth-order valence-electron chi connectivity index (χ4n) is 4.98. The van der Waals surface area contributed by atoms with Crippen LogP contribution in [0.5, 0.6) is 0 Å². The molecule has 0 aromatic heterocycles. The molecule has 2 saturated heterocycles. The van der Waals surface area contributed by atoms with Gasteiger partial charge in [0.2, 0.25) is 5.91 Å². The molecule has 118 valence electrons. The Kier molecular flexibility index (Phi) is 3.28. The van der Waals surface area contributed by atoms with Gasteiger partial charge in [-0.2, -0.15) is 0 Å². The van der Waals surface area contributed by atoms with Gasteiger partial charge in [0.25, 0.3) is 0 Å². The van der Waals surface area contributed by atoms with Crippen LogP contribution in [0, 0.1) is 23.2 Å². The SMILES string of the molecule is O=C([C@@H]1CC12CCNCC2)N1C[C@H]2C[C@H](O)[C@H](O)C[C@H]2C1. The van der Waals surface area contributed by atoms with Crippen LogP contribution in [0.4, 0.5) is 0 Å². The first-order chi connectivity index (χ1) is 10.1. The summed E-state index contributed by atoms with van der Waals surface area (Å²) in [5.41, 5.74) is 0.301. The molecule has 21 heavy (non-hydrogen) atoms. The Hall–Kier alpha value is -0.650. The van der Waals surface area contributed by atoms with Crippen LogP contribution in [-0.2, 0) is 4.79 Å². The summed E-state index contributed by atoms with van der Waals surface area (Å²) in [6.07, 6.45) is 3.45. The predicted octanol–water partition coefficient (Wildman–Crippen LogP) is -0.0337. The summed E-state index contributed by atoms with van der Waals surface area (Å²) in [5.74, 6) is 1.36. The Morgan fingerprint density at radius 2 is 1.62 bits per heavy atom. The number of rotatable bonds is 1. The van der Waals surface area contributed by atoms with Gasteiger partial charge in [-0.05, 0) is 62.4 Å². The topological polar surface area (TPSA) is 72.8 Å². The summed E-state index contributed by atoms with van der Waals surface area (Å²) in [5, 5.41) is 23.0. The Bertz CT molecular complexity index is 417. The highest BCUT2D eigenvalue weighted by atomic mass is 16.3. The maximum absolute atomic E-state index is 12.8. The van der Waals surface area contributed by atoms with Gasteiger partial charge in [-0.1, -0.05) is 0 Å². The minimum Gasteiger partial charge on any atom is -0.390 e. The van der Waals surface area contributed by atoms with Gasteiger partial charge in [0.05, 0.1) is 12.2 Å². The highest BCUT2D eigenvalue weighted by molar-refractivity contribution is 5.83. The number of carbonyl (C=O) groups is 1. The molecule has 4 aliphatic rings. The van der Waals surface area contributed by atoms with Gasteiger partial charge in [-0.15, -0.1) is 0 Å². The number of hydrogen-bond acceptors (Lipinski definition) is 4. The van der Waals surface area contributed by atoms with Gasteiger partial charge >= 0.3 is 0 Å². The monoisotopic (exact) mass is 294 g/mol. The van der Waals surface area contributed by atoms with Crippen LogP contribution in [0.1, 0.15) is 32.1 Å². The van der Waals surface area contributed by atoms with Gasteiger partial charge in [0.15, 0.2) is 0 Å². The number of nitrogens with zero attached hydrogens (tertiary/aromatic N) is 1. The first-order valence-electron chi connectivity index (χ1n) is 8.45. The Morgan fingerprint density at radius 3 is 2.19 bits per heavy atom.